The van der Waals surface area contributed by atoms with E-state index in [9.17, 15) is 4.79 Å². The third-order valence-electron chi connectivity index (χ3n) is 4.73. The van der Waals surface area contributed by atoms with Gasteiger partial charge in [0.1, 0.15) is 0 Å². The zero-order chi connectivity index (χ0) is 20.6. The third kappa shape index (κ3) is 5.86. The maximum absolute atomic E-state index is 12.5. The van der Waals surface area contributed by atoms with E-state index in [1.54, 1.807) is 36.8 Å². The fourth-order valence-electron chi connectivity index (χ4n) is 3.23. The summed E-state index contributed by atoms with van der Waals surface area (Å²) < 4.78 is 0. The Balaban J connectivity index is 1.40. The van der Waals surface area contributed by atoms with Crippen LogP contribution in [-0.4, -0.2) is 83.4 Å². The molecule has 10 heteroatoms. The molecule has 1 saturated heterocycles. The summed E-state index contributed by atoms with van der Waals surface area (Å²) in [5.74, 6) is 1.64. The largest absolute Gasteiger partial charge is 0.356 e. The standard InChI is InChI=1S/C19H28N8OS/c1-15-24-16(14-29-15)13-25(3)18(20-2)23-8-5-17(28)26-9-11-27(12-10-26)19-21-6-4-7-22-19/h4,6-7,14H,5,8-13H2,1-3H3,(H,20,23). The fourth-order valence-corrected chi connectivity index (χ4v) is 3.84. The van der Waals surface area contributed by atoms with Gasteiger partial charge in [0.15, 0.2) is 5.96 Å². The van der Waals surface area contributed by atoms with Gasteiger partial charge in [0.05, 0.1) is 17.2 Å². The molecular weight excluding hydrogens is 388 g/mol. The van der Waals surface area contributed by atoms with Crippen LogP contribution < -0.4 is 10.2 Å². The van der Waals surface area contributed by atoms with Gasteiger partial charge < -0.3 is 20.0 Å². The zero-order valence-corrected chi connectivity index (χ0v) is 18.0. The van der Waals surface area contributed by atoms with Crippen molar-refractivity contribution in [2.45, 2.75) is 19.9 Å². The van der Waals surface area contributed by atoms with Crippen molar-refractivity contribution in [3.8, 4) is 0 Å². The number of aryl methyl sites for hydroxylation is 1. The number of nitrogens with zero attached hydrogens (tertiary/aromatic N) is 7. The number of aliphatic imine (C=N–C) groups is 1. The quantitative estimate of drug-likeness (QED) is 0.555. The molecule has 0 aliphatic carbocycles. The second kappa shape index (κ2) is 10.1. The average Bonchev–Trinajstić information content (AvgIpc) is 3.16. The molecule has 1 aliphatic heterocycles. The second-order valence-electron chi connectivity index (χ2n) is 6.85. The summed E-state index contributed by atoms with van der Waals surface area (Å²) in [6, 6.07) is 1.81. The van der Waals surface area contributed by atoms with Gasteiger partial charge >= 0.3 is 0 Å². The minimum atomic E-state index is 0.152. The van der Waals surface area contributed by atoms with Gasteiger partial charge in [0.2, 0.25) is 11.9 Å². The van der Waals surface area contributed by atoms with Crippen LogP contribution in [0.2, 0.25) is 0 Å². The van der Waals surface area contributed by atoms with Crippen LogP contribution in [0, 0.1) is 6.92 Å². The number of thiazole rings is 1. The van der Waals surface area contributed by atoms with Crippen molar-refractivity contribution < 1.29 is 4.79 Å². The van der Waals surface area contributed by atoms with Crippen LogP contribution in [0.25, 0.3) is 0 Å². The van der Waals surface area contributed by atoms with Gasteiger partial charge in [-0.3, -0.25) is 9.79 Å². The molecule has 3 heterocycles. The van der Waals surface area contributed by atoms with E-state index in [0.717, 1.165) is 35.7 Å². The number of nitrogens with one attached hydrogen (secondary N) is 1. The lowest BCUT2D eigenvalue weighted by Gasteiger charge is -2.34. The molecule has 1 fully saturated rings. The van der Waals surface area contributed by atoms with Crippen molar-refractivity contribution in [1.82, 2.24) is 30.1 Å². The molecule has 0 saturated carbocycles. The van der Waals surface area contributed by atoms with Crippen molar-refractivity contribution in [3.63, 3.8) is 0 Å². The van der Waals surface area contributed by atoms with Gasteiger partial charge in [-0.05, 0) is 13.0 Å². The third-order valence-corrected chi connectivity index (χ3v) is 5.55. The topological polar surface area (TPSA) is 89.8 Å². The van der Waals surface area contributed by atoms with E-state index in [0.29, 0.717) is 32.6 Å². The Labute approximate surface area is 175 Å². The van der Waals surface area contributed by atoms with E-state index >= 15 is 0 Å². The van der Waals surface area contributed by atoms with Crippen LogP contribution in [0.15, 0.2) is 28.8 Å². The summed E-state index contributed by atoms with van der Waals surface area (Å²) in [4.78, 5) is 35.9. The number of aromatic nitrogens is 3. The molecule has 0 atom stereocenters. The number of hydrogen-bond acceptors (Lipinski definition) is 7. The SMILES string of the molecule is CN=C(NCCC(=O)N1CCN(c2ncccn2)CC1)N(C)Cc1csc(C)n1. The van der Waals surface area contributed by atoms with Crippen molar-refractivity contribution in [1.29, 1.82) is 0 Å². The fraction of sp³-hybridized carbons (Fsp3) is 0.526. The highest BCUT2D eigenvalue weighted by molar-refractivity contribution is 7.09. The summed E-state index contributed by atoms with van der Waals surface area (Å²) in [6.45, 7) is 6.11. The monoisotopic (exact) mass is 416 g/mol. The Morgan fingerprint density at radius 2 is 2.00 bits per heavy atom. The maximum atomic E-state index is 12.5. The summed E-state index contributed by atoms with van der Waals surface area (Å²) >= 11 is 1.64. The van der Waals surface area contributed by atoms with E-state index in [2.05, 4.69) is 35.5 Å². The van der Waals surface area contributed by atoms with Crippen LogP contribution in [0.1, 0.15) is 17.1 Å². The Kier molecular flexibility index (Phi) is 7.34. The first-order valence-electron chi connectivity index (χ1n) is 9.69. The van der Waals surface area contributed by atoms with Crippen molar-refractivity contribution in [2.75, 3.05) is 51.7 Å². The Hall–Kier alpha value is -2.75. The number of carbonyl (C=O) groups excluding carboxylic acids is 1. The molecule has 1 N–H and O–H groups in total. The molecular formula is C19H28N8OS. The van der Waals surface area contributed by atoms with Gasteiger partial charge in [-0.2, -0.15) is 0 Å². The summed E-state index contributed by atoms with van der Waals surface area (Å²) in [5, 5.41) is 6.39. The number of anilines is 1. The van der Waals surface area contributed by atoms with E-state index in [4.69, 9.17) is 0 Å². The minimum Gasteiger partial charge on any atom is -0.356 e. The maximum Gasteiger partial charge on any atom is 0.225 e. The zero-order valence-electron chi connectivity index (χ0n) is 17.2. The number of rotatable bonds is 6. The molecule has 0 aromatic carbocycles. The number of amides is 1. The predicted molar refractivity (Wildman–Crippen MR) is 115 cm³/mol. The highest BCUT2D eigenvalue weighted by atomic mass is 32.1. The lowest BCUT2D eigenvalue weighted by molar-refractivity contribution is -0.131. The van der Waals surface area contributed by atoms with Crippen LogP contribution in [0.5, 0.6) is 0 Å². The van der Waals surface area contributed by atoms with Gasteiger partial charge in [0, 0.05) is 71.0 Å². The van der Waals surface area contributed by atoms with Crippen molar-refractivity contribution in [3.05, 3.63) is 34.5 Å². The van der Waals surface area contributed by atoms with Gasteiger partial charge in [-0.1, -0.05) is 0 Å². The predicted octanol–water partition coefficient (Wildman–Crippen LogP) is 0.988. The number of carbonyl (C=O) groups is 1. The first-order valence-corrected chi connectivity index (χ1v) is 10.6. The molecule has 2 aromatic rings. The van der Waals surface area contributed by atoms with Crippen molar-refractivity contribution >= 4 is 29.2 Å². The molecule has 0 radical (unpaired) electrons. The Bertz CT molecular complexity index is 817. The van der Waals surface area contributed by atoms with E-state index in [-0.39, 0.29) is 5.91 Å². The molecule has 0 bridgehead atoms. The Morgan fingerprint density at radius 1 is 1.28 bits per heavy atom. The van der Waals surface area contributed by atoms with Gasteiger partial charge in [0.25, 0.3) is 0 Å². The smallest absolute Gasteiger partial charge is 0.225 e. The average molecular weight is 417 g/mol. The van der Waals surface area contributed by atoms with Crippen LogP contribution in [0.3, 0.4) is 0 Å². The van der Waals surface area contributed by atoms with Crippen molar-refractivity contribution in [2.24, 2.45) is 4.99 Å². The lowest BCUT2D eigenvalue weighted by atomic mass is 10.3. The van der Waals surface area contributed by atoms with Gasteiger partial charge in [-0.25, -0.2) is 15.0 Å². The van der Waals surface area contributed by atoms with E-state index in [1.165, 1.54) is 0 Å². The summed E-state index contributed by atoms with van der Waals surface area (Å²) in [7, 11) is 3.72. The molecule has 1 amide bonds. The molecule has 3 rings (SSSR count). The first-order chi connectivity index (χ1) is 14.1. The summed E-state index contributed by atoms with van der Waals surface area (Å²) in [5.41, 5.74) is 1.02. The molecule has 9 nitrogen and oxygen atoms in total. The molecule has 156 valence electrons. The number of piperazine rings is 1. The molecule has 2 aromatic heterocycles. The first kappa shape index (κ1) is 21.0. The Morgan fingerprint density at radius 3 is 2.62 bits per heavy atom. The molecule has 1 aliphatic rings. The second-order valence-corrected chi connectivity index (χ2v) is 7.92. The van der Waals surface area contributed by atoms with E-state index in [1.807, 2.05) is 23.8 Å². The highest BCUT2D eigenvalue weighted by Crippen LogP contribution is 2.11. The lowest BCUT2D eigenvalue weighted by Crippen LogP contribution is -2.50. The summed E-state index contributed by atoms with van der Waals surface area (Å²) in [6.07, 6.45) is 3.92. The van der Waals surface area contributed by atoms with Crippen LogP contribution in [0.4, 0.5) is 5.95 Å². The van der Waals surface area contributed by atoms with Crippen LogP contribution >= 0.6 is 11.3 Å². The number of hydrogen-bond donors (Lipinski definition) is 1. The normalized spacial score (nSPS) is 14.8. The molecule has 29 heavy (non-hydrogen) atoms. The molecule has 0 spiro atoms. The van der Waals surface area contributed by atoms with Gasteiger partial charge in [-0.15, -0.1) is 11.3 Å². The number of guanidine groups is 1. The highest BCUT2D eigenvalue weighted by Gasteiger charge is 2.22. The molecule has 0 unspecified atom stereocenters. The van der Waals surface area contributed by atoms with Crippen LogP contribution in [-0.2, 0) is 11.3 Å². The van der Waals surface area contributed by atoms with E-state index < -0.39 is 0 Å². The minimum absolute atomic E-state index is 0.152.